The van der Waals surface area contributed by atoms with Crippen molar-refractivity contribution >= 4 is 5.91 Å². The second-order valence-electron chi connectivity index (χ2n) is 4.56. The first-order chi connectivity index (χ1) is 9.33. The van der Waals surface area contributed by atoms with Crippen LogP contribution in [0.1, 0.15) is 33.9 Å². The molecule has 2 aromatic rings. The molecule has 0 saturated heterocycles. The van der Waals surface area contributed by atoms with Crippen molar-refractivity contribution in [2.75, 3.05) is 0 Å². The van der Waals surface area contributed by atoms with Crippen LogP contribution in [-0.4, -0.2) is 21.1 Å². The van der Waals surface area contributed by atoms with Crippen molar-refractivity contribution in [1.29, 1.82) is 0 Å². The molecule has 1 N–H and O–H groups in total. The van der Waals surface area contributed by atoms with Gasteiger partial charge in [0.2, 0.25) is 0 Å². The molecule has 1 aliphatic rings. The van der Waals surface area contributed by atoms with Gasteiger partial charge in [0.15, 0.2) is 5.69 Å². The first-order valence-electron chi connectivity index (χ1n) is 6.36. The van der Waals surface area contributed by atoms with Crippen LogP contribution in [0.15, 0.2) is 30.5 Å². The lowest BCUT2D eigenvalue weighted by Crippen LogP contribution is -2.24. The Hall–Kier alpha value is -2.30. The zero-order valence-electron chi connectivity index (χ0n) is 10.5. The van der Waals surface area contributed by atoms with Crippen molar-refractivity contribution in [3.05, 3.63) is 53.1 Å². The topological polar surface area (TPSA) is 67.8 Å². The molecule has 0 fully saturated rings. The number of rotatable bonds is 3. The number of amides is 1. The maximum absolute atomic E-state index is 12.0. The van der Waals surface area contributed by atoms with Crippen LogP contribution < -0.4 is 5.32 Å². The summed E-state index contributed by atoms with van der Waals surface area (Å²) in [5, 5.41) is 10.9. The number of carbonyl (C=O) groups excluding carboxylic acids is 1. The minimum atomic E-state index is -0.201. The summed E-state index contributed by atoms with van der Waals surface area (Å²) in [6, 6.07) is 7.46. The molecule has 1 aliphatic carbocycles. The number of nitrogens with zero attached hydrogens (tertiary/aromatic N) is 3. The largest absolute Gasteiger partial charge is 0.345 e. The molecule has 0 spiro atoms. The average Bonchev–Trinajstić information content (AvgIpc) is 2.93. The van der Waals surface area contributed by atoms with E-state index in [1.165, 1.54) is 0 Å². The Bertz CT molecular complexity index is 598. The molecule has 1 amide bonds. The second kappa shape index (κ2) is 5.14. The van der Waals surface area contributed by atoms with Gasteiger partial charge in [-0.1, -0.05) is 6.07 Å². The summed E-state index contributed by atoms with van der Waals surface area (Å²) >= 11 is 0. The monoisotopic (exact) mass is 254 g/mol. The van der Waals surface area contributed by atoms with Crippen LogP contribution in [0.3, 0.4) is 0 Å². The third-order valence-electron chi connectivity index (χ3n) is 3.21. The quantitative estimate of drug-likeness (QED) is 0.896. The van der Waals surface area contributed by atoms with Crippen LogP contribution in [-0.2, 0) is 19.4 Å². The fourth-order valence-corrected chi connectivity index (χ4v) is 2.20. The molecule has 96 valence electrons. The number of aromatic nitrogens is 3. The SMILES string of the molecule is O=C(NCc1ccccn1)c1cc2c(nn1)CCC2. The summed E-state index contributed by atoms with van der Waals surface area (Å²) < 4.78 is 0. The number of aryl methyl sites for hydroxylation is 2. The molecule has 0 radical (unpaired) electrons. The average molecular weight is 254 g/mol. The molecule has 0 unspecified atom stereocenters. The molecular weight excluding hydrogens is 240 g/mol. The number of hydrogen-bond acceptors (Lipinski definition) is 4. The van der Waals surface area contributed by atoms with Gasteiger partial charge >= 0.3 is 0 Å². The van der Waals surface area contributed by atoms with Crippen molar-refractivity contribution in [2.24, 2.45) is 0 Å². The molecular formula is C14H14N4O. The number of pyridine rings is 1. The van der Waals surface area contributed by atoms with E-state index < -0.39 is 0 Å². The Balaban J connectivity index is 1.67. The lowest BCUT2D eigenvalue weighted by molar-refractivity contribution is 0.0944. The van der Waals surface area contributed by atoms with Gasteiger partial charge in [0.1, 0.15) is 0 Å². The Morgan fingerprint density at radius 1 is 1.26 bits per heavy atom. The fourth-order valence-electron chi connectivity index (χ4n) is 2.20. The molecule has 19 heavy (non-hydrogen) atoms. The van der Waals surface area contributed by atoms with Crippen LogP contribution in [0.25, 0.3) is 0 Å². The van der Waals surface area contributed by atoms with Crippen molar-refractivity contribution in [3.63, 3.8) is 0 Å². The summed E-state index contributed by atoms with van der Waals surface area (Å²) in [6.45, 7) is 0.401. The molecule has 0 bridgehead atoms. The van der Waals surface area contributed by atoms with Crippen molar-refractivity contribution in [3.8, 4) is 0 Å². The molecule has 2 aromatic heterocycles. The number of fused-ring (bicyclic) bond motifs is 1. The van der Waals surface area contributed by atoms with E-state index in [1.807, 2.05) is 24.3 Å². The van der Waals surface area contributed by atoms with Crippen molar-refractivity contribution in [1.82, 2.24) is 20.5 Å². The third-order valence-corrected chi connectivity index (χ3v) is 3.21. The van der Waals surface area contributed by atoms with Crippen LogP contribution in [0.5, 0.6) is 0 Å². The van der Waals surface area contributed by atoms with E-state index in [4.69, 9.17) is 0 Å². The molecule has 5 nitrogen and oxygen atoms in total. The second-order valence-corrected chi connectivity index (χ2v) is 4.56. The van der Waals surface area contributed by atoms with Gasteiger partial charge in [-0.3, -0.25) is 9.78 Å². The van der Waals surface area contributed by atoms with Crippen LogP contribution in [0.4, 0.5) is 0 Å². The Kier molecular flexibility index (Phi) is 3.18. The summed E-state index contributed by atoms with van der Waals surface area (Å²) in [4.78, 5) is 16.1. The lowest BCUT2D eigenvalue weighted by Gasteiger charge is -2.05. The predicted octanol–water partition coefficient (Wildman–Crippen LogP) is 1.29. The lowest BCUT2D eigenvalue weighted by atomic mass is 10.2. The Morgan fingerprint density at radius 2 is 2.21 bits per heavy atom. The third kappa shape index (κ3) is 2.59. The van der Waals surface area contributed by atoms with E-state index in [1.54, 1.807) is 6.20 Å². The standard InChI is InChI=1S/C14H14N4O/c19-14(16-9-11-5-1-2-7-15-11)13-8-10-4-3-6-12(10)17-18-13/h1-2,5,7-8H,3-4,6,9H2,(H,16,19). The zero-order chi connectivity index (χ0) is 13.1. The highest BCUT2D eigenvalue weighted by Crippen LogP contribution is 2.19. The molecule has 5 heteroatoms. The van der Waals surface area contributed by atoms with Gasteiger partial charge in [-0.05, 0) is 43.0 Å². The van der Waals surface area contributed by atoms with Gasteiger partial charge in [-0.25, -0.2) is 0 Å². The first-order valence-corrected chi connectivity index (χ1v) is 6.36. The van der Waals surface area contributed by atoms with E-state index >= 15 is 0 Å². The highest BCUT2D eigenvalue weighted by Gasteiger charge is 2.16. The van der Waals surface area contributed by atoms with Crippen LogP contribution in [0.2, 0.25) is 0 Å². The minimum absolute atomic E-state index is 0.201. The predicted molar refractivity (Wildman–Crippen MR) is 69.5 cm³/mol. The maximum atomic E-state index is 12.0. The number of hydrogen-bond donors (Lipinski definition) is 1. The molecule has 0 aliphatic heterocycles. The van der Waals surface area contributed by atoms with Gasteiger partial charge in [-0.15, -0.1) is 5.10 Å². The molecule has 0 saturated carbocycles. The minimum Gasteiger partial charge on any atom is -0.345 e. The highest BCUT2D eigenvalue weighted by atomic mass is 16.1. The van der Waals surface area contributed by atoms with Crippen molar-refractivity contribution < 1.29 is 4.79 Å². The zero-order valence-corrected chi connectivity index (χ0v) is 10.5. The van der Waals surface area contributed by atoms with E-state index in [9.17, 15) is 4.79 Å². The van der Waals surface area contributed by atoms with Gasteiger partial charge in [0, 0.05) is 6.20 Å². The smallest absolute Gasteiger partial charge is 0.272 e. The van der Waals surface area contributed by atoms with Crippen LogP contribution >= 0.6 is 0 Å². The number of carbonyl (C=O) groups is 1. The van der Waals surface area contributed by atoms with E-state index in [0.717, 1.165) is 36.2 Å². The van der Waals surface area contributed by atoms with E-state index in [0.29, 0.717) is 12.2 Å². The Morgan fingerprint density at radius 3 is 3.05 bits per heavy atom. The van der Waals surface area contributed by atoms with Gasteiger partial charge < -0.3 is 5.32 Å². The molecule has 0 atom stereocenters. The van der Waals surface area contributed by atoms with Gasteiger partial charge in [0.05, 0.1) is 17.9 Å². The number of nitrogens with one attached hydrogen (secondary N) is 1. The van der Waals surface area contributed by atoms with E-state index in [2.05, 4.69) is 20.5 Å². The van der Waals surface area contributed by atoms with Crippen molar-refractivity contribution in [2.45, 2.75) is 25.8 Å². The highest BCUT2D eigenvalue weighted by molar-refractivity contribution is 5.92. The van der Waals surface area contributed by atoms with Gasteiger partial charge in [0.25, 0.3) is 5.91 Å². The summed E-state index contributed by atoms with van der Waals surface area (Å²) in [6.07, 6.45) is 4.77. The molecule has 2 heterocycles. The Labute approximate surface area is 111 Å². The summed E-state index contributed by atoms with van der Waals surface area (Å²) in [7, 11) is 0. The fraction of sp³-hybridized carbons (Fsp3) is 0.286. The normalized spacial score (nSPS) is 13.1. The maximum Gasteiger partial charge on any atom is 0.272 e. The van der Waals surface area contributed by atoms with Gasteiger partial charge in [-0.2, -0.15) is 5.10 Å². The molecule has 3 rings (SSSR count). The van der Waals surface area contributed by atoms with E-state index in [-0.39, 0.29) is 5.91 Å². The van der Waals surface area contributed by atoms with Crippen LogP contribution in [0, 0.1) is 0 Å². The first kappa shape index (κ1) is 11.8. The summed E-state index contributed by atoms with van der Waals surface area (Å²) in [5.74, 6) is -0.201. The summed E-state index contributed by atoms with van der Waals surface area (Å²) in [5.41, 5.74) is 3.39. The molecule has 0 aromatic carbocycles.